The Labute approximate surface area is 129 Å². The van der Waals surface area contributed by atoms with E-state index in [0.29, 0.717) is 6.42 Å². The first-order valence-electron chi connectivity index (χ1n) is 7.75. The van der Waals surface area contributed by atoms with Crippen LogP contribution in [0.15, 0.2) is 5.38 Å². The number of carboxylic acids is 1. The van der Waals surface area contributed by atoms with Crippen molar-refractivity contribution in [2.45, 2.75) is 38.1 Å². The molecule has 1 aromatic rings. The molecule has 2 saturated heterocycles. The van der Waals surface area contributed by atoms with E-state index in [9.17, 15) is 4.79 Å². The minimum Gasteiger partial charge on any atom is -0.481 e. The molecule has 21 heavy (non-hydrogen) atoms. The Bertz CT molecular complexity index is 505. The molecular weight excluding hydrogens is 286 g/mol. The fourth-order valence-corrected chi connectivity index (χ4v) is 4.51. The number of hydrogen-bond donors (Lipinski definition) is 1. The third-order valence-corrected chi connectivity index (χ3v) is 5.70. The number of aliphatic carboxylic acids is 1. The van der Waals surface area contributed by atoms with Gasteiger partial charge in [-0.15, -0.1) is 11.3 Å². The van der Waals surface area contributed by atoms with Gasteiger partial charge < -0.3 is 14.9 Å². The maximum absolute atomic E-state index is 10.6. The fourth-order valence-electron chi connectivity index (χ4n) is 3.62. The molecule has 0 radical (unpaired) electrons. The Kier molecular flexibility index (Phi) is 4.45. The summed E-state index contributed by atoms with van der Waals surface area (Å²) < 4.78 is 0. The number of fused-ring (bicyclic) bond motifs is 1. The van der Waals surface area contributed by atoms with Gasteiger partial charge in [-0.25, -0.2) is 4.98 Å². The van der Waals surface area contributed by atoms with Crippen LogP contribution in [-0.2, 0) is 11.2 Å². The van der Waals surface area contributed by atoms with E-state index in [1.165, 1.54) is 25.8 Å². The maximum atomic E-state index is 10.6. The summed E-state index contributed by atoms with van der Waals surface area (Å²) in [6.07, 6.45) is 4.54. The largest absolute Gasteiger partial charge is 0.481 e. The van der Waals surface area contributed by atoms with Crippen LogP contribution in [0, 0.1) is 5.92 Å². The molecular formula is C15H23N3O2S. The second-order valence-corrected chi connectivity index (χ2v) is 7.04. The van der Waals surface area contributed by atoms with Gasteiger partial charge in [-0.1, -0.05) is 0 Å². The zero-order valence-corrected chi connectivity index (χ0v) is 13.3. The summed E-state index contributed by atoms with van der Waals surface area (Å²) in [5.74, 6) is -0.000485. The summed E-state index contributed by atoms with van der Waals surface area (Å²) in [6.45, 7) is 3.40. The van der Waals surface area contributed by atoms with Crippen molar-refractivity contribution in [2.24, 2.45) is 5.92 Å². The molecule has 0 aromatic carbocycles. The zero-order valence-electron chi connectivity index (χ0n) is 12.5. The van der Waals surface area contributed by atoms with Crippen LogP contribution in [0.2, 0.25) is 0 Å². The predicted octanol–water partition coefficient (Wildman–Crippen LogP) is 2.08. The van der Waals surface area contributed by atoms with Crippen molar-refractivity contribution in [1.29, 1.82) is 0 Å². The van der Waals surface area contributed by atoms with Crippen molar-refractivity contribution >= 4 is 22.4 Å². The number of thiazole rings is 1. The van der Waals surface area contributed by atoms with Gasteiger partial charge in [0.2, 0.25) is 0 Å². The van der Waals surface area contributed by atoms with Crippen LogP contribution in [0.1, 0.15) is 31.4 Å². The number of hydrogen-bond acceptors (Lipinski definition) is 5. The molecule has 5 nitrogen and oxygen atoms in total. The zero-order chi connectivity index (χ0) is 14.8. The van der Waals surface area contributed by atoms with E-state index in [4.69, 9.17) is 5.11 Å². The smallest absolute Gasteiger partial charge is 0.303 e. The van der Waals surface area contributed by atoms with Gasteiger partial charge >= 0.3 is 5.97 Å². The van der Waals surface area contributed by atoms with Crippen LogP contribution in [-0.4, -0.2) is 53.7 Å². The van der Waals surface area contributed by atoms with Crippen LogP contribution in [0.25, 0.3) is 0 Å². The molecule has 3 rings (SSSR count). The van der Waals surface area contributed by atoms with Gasteiger partial charge in [0, 0.05) is 30.9 Å². The Morgan fingerprint density at radius 1 is 1.48 bits per heavy atom. The van der Waals surface area contributed by atoms with Gasteiger partial charge in [-0.3, -0.25) is 4.79 Å². The third-order valence-electron chi connectivity index (χ3n) is 4.75. The SMILES string of the molecule is CN1CCCC2CN(c3nc(CCC(=O)O)cs3)CCC21. The molecule has 2 atom stereocenters. The molecule has 116 valence electrons. The van der Waals surface area contributed by atoms with Crippen LogP contribution >= 0.6 is 11.3 Å². The minimum absolute atomic E-state index is 0.165. The predicted molar refractivity (Wildman–Crippen MR) is 84.0 cm³/mol. The summed E-state index contributed by atoms with van der Waals surface area (Å²) >= 11 is 1.66. The van der Waals surface area contributed by atoms with E-state index in [-0.39, 0.29) is 6.42 Å². The number of rotatable bonds is 4. The average molecular weight is 309 g/mol. The molecule has 6 heteroatoms. The van der Waals surface area contributed by atoms with Crippen molar-refractivity contribution < 1.29 is 9.90 Å². The summed E-state index contributed by atoms with van der Waals surface area (Å²) in [7, 11) is 2.25. The topological polar surface area (TPSA) is 56.7 Å². The second kappa shape index (κ2) is 6.32. The summed E-state index contributed by atoms with van der Waals surface area (Å²) in [5.41, 5.74) is 0.917. The highest BCUT2D eigenvalue weighted by atomic mass is 32.1. The Morgan fingerprint density at radius 2 is 2.33 bits per heavy atom. The molecule has 1 aromatic heterocycles. The summed E-state index contributed by atoms with van der Waals surface area (Å²) in [5, 5.41) is 11.8. The van der Waals surface area contributed by atoms with E-state index in [1.54, 1.807) is 11.3 Å². The molecule has 1 N–H and O–H groups in total. The van der Waals surface area contributed by atoms with E-state index in [2.05, 4.69) is 21.8 Å². The number of carbonyl (C=O) groups is 1. The number of piperidine rings is 2. The van der Waals surface area contributed by atoms with Crippen LogP contribution < -0.4 is 4.90 Å². The molecule has 0 aliphatic carbocycles. The molecule has 3 heterocycles. The molecule has 2 aliphatic heterocycles. The summed E-state index contributed by atoms with van der Waals surface area (Å²) in [6, 6.07) is 0.737. The van der Waals surface area contributed by atoms with Crippen molar-refractivity contribution in [3.05, 3.63) is 11.1 Å². The van der Waals surface area contributed by atoms with E-state index < -0.39 is 5.97 Å². The Balaban J connectivity index is 1.61. The van der Waals surface area contributed by atoms with Gasteiger partial charge in [0.15, 0.2) is 5.13 Å². The van der Waals surface area contributed by atoms with E-state index in [0.717, 1.165) is 35.9 Å². The molecule has 2 aliphatic rings. The number of nitrogens with zero attached hydrogens (tertiary/aromatic N) is 3. The standard InChI is InChI=1S/C15H23N3O2S/c1-17-7-2-3-11-9-18(8-6-13(11)17)15-16-12(10-21-15)4-5-14(19)20/h10-11,13H,2-9H2,1H3,(H,19,20). The first-order chi connectivity index (χ1) is 10.1. The lowest BCUT2D eigenvalue weighted by Gasteiger charge is -2.45. The number of anilines is 1. The highest BCUT2D eigenvalue weighted by molar-refractivity contribution is 7.13. The first kappa shape index (κ1) is 14.8. The monoisotopic (exact) mass is 309 g/mol. The van der Waals surface area contributed by atoms with Gasteiger partial charge in [0.05, 0.1) is 12.1 Å². The lowest BCUT2D eigenvalue weighted by molar-refractivity contribution is -0.136. The molecule has 0 saturated carbocycles. The van der Waals surface area contributed by atoms with Gasteiger partial charge in [-0.05, 0) is 38.8 Å². The molecule has 0 amide bonds. The number of aryl methyl sites for hydroxylation is 1. The van der Waals surface area contributed by atoms with E-state index >= 15 is 0 Å². The van der Waals surface area contributed by atoms with Gasteiger partial charge in [-0.2, -0.15) is 0 Å². The second-order valence-electron chi connectivity index (χ2n) is 6.20. The van der Waals surface area contributed by atoms with Crippen molar-refractivity contribution in [1.82, 2.24) is 9.88 Å². The maximum Gasteiger partial charge on any atom is 0.303 e. The minimum atomic E-state index is -0.754. The summed E-state index contributed by atoms with van der Waals surface area (Å²) in [4.78, 5) is 20.2. The Morgan fingerprint density at radius 3 is 3.14 bits per heavy atom. The average Bonchev–Trinajstić information content (AvgIpc) is 2.94. The first-order valence-corrected chi connectivity index (χ1v) is 8.63. The van der Waals surface area contributed by atoms with Crippen molar-refractivity contribution in [3.8, 4) is 0 Å². The van der Waals surface area contributed by atoms with Crippen molar-refractivity contribution in [3.63, 3.8) is 0 Å². The molecule has 2 fully saturated rings. The quantitative estimate of drug-likeness (QED) is 0.923. The third kappa shape index (κ3) is 3.37. The highest BCUT2D eigenvalue weighted by Crippen LogP contribution is 2.33. The van der Waals surface area contributed by atoms with Crippen molar-refractivity contribution in [2.75, 3.05) is 31.6 Å². The molecule has 2 unspecified atom stereocenters. The molecule has 0 bridgehead atoms. The highest BCUT2D eigenvalue weighted by Gasteiger charge is 2.34. The van der Waals surface area contributed by atoms with Gasteiger partial charge in [0.25, 0.3) is 0 Å². The van der Waals surface area contributed by atoms with Crippen LogP contribution in [0.4, 0.5) is 5.13 Å². The number of likely N-dealkylation sites (tertiary alicyclic amines) is 1. The van der Waals surface area contributed by atoms with Gasteiger partial charge in [0.1, 0.15) is 0 Å². The number of carboxylic acid groups (broad SMARTS) is 1. The Hall–Kier alpha value is -1.14. The number of aromatic nitrogens is 1. The van der Waals surface area contributed by atoms with Crippen LogP contribution in [0.3, 0.4) is 0 Å². The normalized spacial score (nSPS) is 26.6. The van der Waals surface area contributed by atoms with E-state index in [1.807, 2.05) is 5.38 Å². The molecule has 0 spiro atoms. The fraction of sp³-hybridized carbons (Fsp3) is 0.733. The lowest BCUT2D eigenvalue weighted by atomic mass is 9.84. The van der Waals surface area contributed by atoms with Crippen LogP contribution in [0.5, 0.6) is 0 Å². The lowest BCUT2D eigenvalue weighted by Crippen LogP contribution is -2.52.